The Bertz CT molecular complexity index is 690. The van der Waals surface area contributed by atoms with Crippen LogP contribution >= 0.6 is 0 Å². The Morgan fingerprint density at radius 2 is 2.30 bits per heavy atom. The highest BCUT2D eigenvalue weighted by molar-refractivity contribution is 5.76. The van der Waals surface area contributed by atoms with E-state index < -0.39 is 0 Å². The molecule has 23 heavy (non-hydrogen) atoms. The summed E-state index contributed by atoms with van der Waals surface area (Å²) in [5, 5.41) is 0. The average Bonchev–Trinajstić information content (AvgIpc) is 3.13. The zero-order chi connectivity index (χ0) is 16.4. The molecule has 2 aromatic rings. The number of imidazole rings is 2. The lowest BCUT2D eigenvalue weighted by molar-refractivity contribution is -0.140. The van der Waals surface area contributed by atoms with Gasteiger partial charge in [0.05, 0.1) is 18.8 Å². The summed E-state index contributed by atoms with van der Waals surface area (Å²) in [6.07, 6.45) is 6.22. The number of aromatic nitrogens is 4. The monoisotopic (exact) mass is 317 g/mol. The van der Waals surface area contributed by atoms with Gasteiger partial charge in [0, 0.05) is 38.6 Å². The van der Waals surface area contributed by atoms with E-state index in [-0.39, 0.29) is 12.0 Å². The second-order valence-corrected chi connectivity index (χ2v) is 5.88. The number of morpholine rings is 1. The minimum Gasteiger partial charge on any atom is -0.367 e. The number of aryl methyl sites for hydroxylation is 3. The molecule has 1 saturated heterocycles. The van der Waals surface area contributed by atoms with Crippen molar-refractivity contribution in [2.24, 2.45) is 7.05 Å². The third-order valence-electron chi connectivity index (χ3n) is 4.16. The summed E-state index contributed by atoms with van der Waals surface area (Å²) in [6.45, 7) is 6.02. The SMILES string of the molecule is CCc1nccn1CC(=O)N1CCO[C@@H](c2nc(C)cn2C)C1. The highest BCUT2D eigenvalue weighted by Gasteiger charge is 2.28. The van der Waals surface area contributed by atoms with Crippen LogP contribution in [0.3, 0.4) is 0 Å². The maximum Gasteiger partial charge on any atom is 0.242 e. The first-order valence-electron chi connectivity index (χ1n) is 7.97. The van der Waals surface area contributed by atoms with Crippen molar-refractivity contribution in [1.82, 2.24) is 24.0 Å². The van der Waals surface area contributed by atoms with Gasteiger partial charge in [-0.05, 0) is 6.92 Å². The Labute approximate surface area is 135 Å². The smallest absolute Gasteiger partial charge is 0.242 e. The van der Waals surface area contributed by atoms with Gasteiger partial charge in [0.2, 0.25) is 5.91 Å². The molecule has 0 radical (unpaired) electrons. The first-order valence-corrected chi connectivity index (χ1v) is 7.97. The summed E-state index contributed by atoms with van der Waals surface area (Å²) in [5.74, 6) is 1.90. The number of carbonyl (C=O) groups is 1. The molecule has 0 bridgehead atoms. The molecule has 1 fully saturated rings. The first-order chi connectivity index (χ1) is 11.1. The van der Waals surface area contributed by atoms with Gasteiger partial charge in [-0.15, -0.1) is 0 Å². The van der Waals surface area contributed by atoms with Crippen LogP contribution in [-0.2, 0) is 29.5 Å². The van der Waals surface area contributed by atoms with E-state index in [0.29, 0.717) is 26.2 Å². The van der Waals surface area contributed by atoms with Gasteiger partial charge in [0.1, 0.15) is 24.3 Å². The molecule has 2 aromatic heterocycles. The van der Waals surface area contributed by atoms with Crippen molar-refractivity contribution in [1.29, 1.82) is 0 Å². The molecular weight excluding hydrogens is 294 g/mol. The summed E-state index contributed by atoms with van der Waals surface area (Å²) in [5.41, 5.74) is 0.959. The van der Waals surface area contributed by atoms with Crippen LogP contribution in [0, 0.1) is 6.92 Å². The molecule has 0 unspecified atom stereocenters. The summed E-state index contributed by atoms with van der Waals surface area (Å²) < 4.78 is 9.71. The van der Waals surface area contributed by atoms with Gasteiger partial charge >= 0.3 is 0 Å². The van der Waals surface area contributed by atoms with Gasteiger partial charge < -0.3 is 18.8 Å². The van der Waals surface area contributed by atoms with E-state index in [1.807, 2.05) is 47.3 Å². The van der Waals surface area contributed by atoms with Crippen LogP contribution in [-0.4, -0.2) is 49.6 Å². The Morgan fingerprint density at radius 1 is 1.48 bits per heavy atom. The third-order valence-corrected chi connectivity index (χ3v) is 4.16. The maximum atomic E-state index is 12.6. The normalized spacial score (nSPS) is 18.4. The number of ether oxygens (including phenoxy) is 1. The molecule has 0 aromatic carbocycles. The molecule has 1 amide bonds. The molecule has 3 heterocycles. The molecule has 7 nitrogen and oxygen atoms in total. The number of rotatable bonds is 4. The third kappa shape index (κ3) is 3.29. The Kier molecular flexibility index (Phi) is 4.47. The van der Waals surface area contributed by atoms with Gasteiger partial charge in [-0.2, -0.15) is 0 Å². The predicted molar refractivity (Wildman–Crippen MR) is 84.8 cm³/mol. The van der Waals surface area contributed by atoms with Gasteiger partial charge in [-0.25, -0.2) is 9.97 Å². The molecule has 0 N–H and O–H groups in total. The molecular formula is C16H23N5O2. The summed E-state index contributed by atoms with van der Waals surface area (Å²) in [6, 6.07) is 0. The molecule has 7 heteroatoms. The van der Waals surface area contributed by atoms with Crippen molar-refractivity contribution in [3.63, 3.8) is 0 Å². The van der Waals surface area contributed by atoms with E-state index in [0.717, 1.165) is 23.8 Å². The van der Waals surface area contributed by atoms with E-state index in [4.69, 9.17) is 4.74 Å². The van der Waals surface area contributed by atoms with Crippen molar-refractivity contribution >= 4 is 5.91 Å². The molecule has 1 aliphatic rings. The second kappa shape index (κ2) is 6.54. The quantitative estimate of drug-likeness (QED) is 0.847. The van der Waals surface area contributed by atoms with Crippen LogP contribution in [0.5, 0.6) is 0 Å². The maximum absolute atomic E-state index is 12.6. The standard InChI is InChI=1S/C16H23N5O2/c1-4-14-17-5-6-20(14)11-15(22)21-7-8-23-13(10-21)16-18-12(2)9-19(16)3/h5-6,9,13H,4,7-8,10-11H2,1-3H3/t13-/m1/s1. The summed E-state index contributed by atoms with van der Waals surface area (Å²) in [7, 11) is 1.96. The lowest BCUT2D eigenvalue weighted by Crippen LogP contribution is -2.44. The molecule has 1 atom stereocenters. The van der Waals surface area contributed by atoms with E-state index in [9.17, 15) is 4.79 Å². The summed E-state index contributed by atoms with van der Waals surface area (Å²) in [4.78, 5) is 23.2. The van der Waals surface area contributed by atoms with E-state index in [1.54, 1.807) is 6.20 Å². The van der Waals surface area contributed by atoms with E-state index >= 15 is 0 Å². The predicted octanol–water partition coefficient (Wildman–Crippen LogP) is 1.09. The van der Waals surface area contributed by atoms with Crippen molar-refractivity contribution in [3.05, 3.63) is 35.9 Å². The zero-order valence-electron chi connectivity index (χ0n) is 13.9. The van der Waals surface area contributed by atoms with E-state index in [1.165, 1.54) is 0 Å². The fourth-order valence-corrected chi connectivity index (χ4v) is 3.01. The summed E-state index contributed by atoms with van der Waals surface area (Å²) >= 11 is 0. The van der Waals surface area contributed by atoms with Crippen LogP contribution in [0.25, 0.3) is 0 Å². The Morgan fingerprint density at radius 3 is 3.00 bits per heavy atom. The Balaban J connectivity index is 1.68. The molecule has 0 saturated carbocycles. The second-order valence-electron chi connectivity index (χ2n) is 5.88. The molecule has 0 aliphatic carbocycles. The molecule has 1 aliphatic heterocycles. The molecule has 3 rings (SSSR count). The topological polar surface area (TPSA) is 65.2 Å². The van der Waals surface area contributed by atoms with Gasteiger partial charge in [-0.1, -0.05) is 6.92 Å². The lowest BCUT2D eigenvalue weighted by atomic mass is 10.2. The number of hydrogen-bond acceptors (Lipinski definition) is 4. The van der Waals surface area contributed by atoms with Gasteiger partial charge in [0.15, 0.2) is 0 Å². The van der Waals surface area contributed by atoms with Crippen LogP contribution in [0.4, 0.5) is 0 Å². The number of carbonyl (C=O) groups excluding carboxylic acids is 1. The Hall–Kier alpha value is -2.15. The molecule has 124 valence electrons. The van der Waals surface area contributed by atoms with Crippen LogP contribution in [0.2, 0.25) is 0 Å². The van der Waals surface area contributed by atoms with Crippen LogP contribution in [0.1, 0.15) is 30.4 Å². The zero-order valence-corrected chi connectivity index (χ0v) is 13.9. The first kappa shape index (κ1) is 15.7. The highest BCUT2D eigenvalue weighted by atomic mass is 16.5. The lowest BCUT2D eigenvalue weighted by Gasteiger charge is -2.32. The number of hydrogen-bond donors (Lipinski definition) is 0. The fraction of sp³-hybridized carbons (Fsp3) is 0.562. The van der Waals surface area contributed by atoms with E-state index in [2.05, 4.69) is 9.97 Å². The number of amides is 1. The minimum absolute atomic E-state index is 0.0944. The van der Waals surface area contributed by atoms with Crippen molar-refractivity contribution in [2.75, 3.05) is 19.7 Å². The fourth-order valence-electron chi connectivity index (χ4n) is 3.01. The van der Waals surface area contributed by atoms with Crippen LogP contribution < -0.4 is 0 Å². The van der Waals surface area contributed by atoms with Gasteiger partial charge in [-0.3, -0.25) is 4.79 Å². The van der Waals surface area contributed by atoms with Crippen molar-refractivity contribution < 1.29 is 9.53 Å². The minimum atomic E-state index is -0.167. The number of nitrogens with zero attached hydrogens (tertiary/aromatic N) is 5. The highest BCUT2D eigenvalue weighted by Crippen LogP contribution is 2.21. The average molecular weight is 317 g/mol. The largest absolute Gasteiger partial charge is 0.367 e. The van der Waals surface area contributed by atoms with Gasteiger partial charge in [0.25, 0.3) is 0 Å². The van der Waals surface area contributed by atoms with Crippen LogP contribution in [0.15, 0.2) is 18.6 Å². The molecule has 0 spiro atoms. The van der Waals surface area contributed by atoms with Crippen molar-refractivity contribution in [2.45, 2.75) is 32.9 Å². The van der Waals surface area contributed by atoms with Crippen molar-refractivity contribution in [3.8, 4) is 0 Å².